The SMILES string of the molecule is COCCN(C)C(=O)c1ccc(-n2nc(-c3ccccc3)c3c2CC(C)(C)CC3=O)c(N)c1. The van der Waals surface area contributed by atoms with E-state index >= 15 is 0 Å². The number of nitrogens with two attached hydrogens (primary N) is 1. The molecule has 1 amide bonds. The molecule has 172 valence electrons. The number of amides is 1. The van der Waals surface area contributed by atoms with Crippen molar-refractivity contribution in [1.82, 2.24) is 14.7 Å². The second kappa shape index (κ2) is 8.83. The first-order valence-corrected chi connectivity index (χ1v) is 11.1. The van der Waals surface area contributed by atoms with Crippen LogP contribution >= 0.6 is 0 Å². The van der Waals surface area contributed by atoms with Gasteiger partial charge in [-0.15, -0.1) is 0 Å². The first-order valence-electron chi connectivity index (χ1n) is 11.1. The van der Waals surface area contributed by atoms with Crippen LogP contribution in [0.1, 0.15) is 46.7 Å². The van der Waals surface area contributed by atoms with Crippen molar-refractivity contribution in [2.24, 2.45) is 5.41 Å². The summed E-state index contributed by atoms with van der Waals surface area (Å²) in [6.45, 7) is 5.13. The molecular formula is C26H30N4O3. The lowest BCUT2D eigenvalue weighted by Crippen LogP contribution is -2.30. The van der Waals surface area contributed by atoms with Crippen LogP contribution in [0.5, 0.6) is 0 Å². The van der Waals surface area contributed by atoms with Crippen LogP contribution in [0.15, 0.2) is 48.5 Å². The zero-order valence-electron chi connectivity index (χ0n) is 19.6. The number of hydrogen-bond donors (Lipinski definition) is 1. The number of ether oxygens (including phenoxy) is 1. The predicted octanol–water partition coefficient (Wildman–Crippen LogP) is 4.00. The molecule has 33 heavy (non-hydrogen) atoms. The third-order valence-electron chi connectivity index (χ3n) is 6.07. The number of hydrogen-bond acceptors (Lipinski definition) is 5. The van der Waals surface area contributed by atoms with E-state index in [9.17, 15) is 9.59 Å². The number of ketones is 1. The number of benzene rings is 2. The minimum atomic E-state index is -0.176. The summed E-state index contributed by atoms with van der Waals surface area (Å²) in [7, 11) is 3.33. The Morgan fingerprint density at radius 2 is 1.91 bits per heavy atom. The molecule has 0 fully saturated rings. The van der Waals surface area contributed by atoms with E-state index in [1.807, 2.05) is 30.3 Å². The van der Waals surface area contributed by atoms with Crippen molar-refractivity contribution in [1.29, 1.82) is 0 Å². The Labute approximate surface area is 194 Å². The number of Topliss-reactive ketones (excluding diaryl/α,β-unsaturated/α-hetero) is 1. The van der Waals surface area contributed by atoms with Crippen molar-refractivity contribution in [3.8, 4) is 16.9 Å². The van der Waals surface area contributed by atoms with Crippen LogP contribution in [-0.2, 0) is 11.2 Å². The van der Waals surface area contributed by atoms with E-state index in [2.05, 4.69) is 13.8 Å². The van der Waals surface area contributed by atoms with Gasteiger partial charge in [0, 0.05) is 38.2 Å². The Kier molecular flexibility index (Phi) is 6.08. The Morgan fingerprint density at radius 3 is 2.58 bits per heavy atom. The molecule has 4 rings (SSSR count). The van der Waals surface area contributed by atoms with Crippen LogP contribution in [0.2, 0.25) is 0 Å². The highest BCUT2D eigenvalue weighted by Crippen LogP contribution is 2.40. The molecule has 0 radical (unpaired) electrons. The fourth-order valence-electron chi connectivity index (χ4n) is 4.38. The number of carbonyl (C=O) groups excluding carboxylic acids is 2. The standard InChI is InChI=1S/C26H30N4O3/c1-26(2)15-21-23(22(31)16-26)24(17-8-6-5-7-9-17)28-30(21)20-11-10-18(14-19(20)27)25(32)29(3)12-13-33-4/h5-11,14H,12-13,15-16,27H2,1-4H3. The van der Waals surface area contributed by atoms with E-state index in [4.69, 9.17) is 15.6 Å². The fraction of sp³-hybridized carbons (Fsp3) is 0.346. The van der Waals surface area contributed by atoms with Gasteiger partial charge in [0.1, 0.15) is 5.69 Å². The number of anilines is 1. The molecule has 7 heteroatoms. The second-order valence-electron chi connectivity index (χ2n) is 9.38. The van der Waals surface area contributed by atoms with Gasteiger partial charge in [0.25, 0.3) is 5.91 Å². The average molecular weight is 447 g/mol. The average Bonchev–Trinajstić information content (AvgIpc) is 3.15. The molecule has 0 bridgehead atoms. The molecule has 0 spiro atoms. The van der Waals surface area contributed by atoms with Crippen LogP contribution in [0.3, 0.4) is 0 Å². The largest absolute Gasteiger partial charge is 0.397 e. The summed E-state index contributed by atoms with van der Waals surface area (Å²) >= 11 is 0. The zero-order valence-corrected chi connectivity index (χ0v) is 19.6. The molecule has 0 atom stereocenters. The highest BCUT2D eigenvalue weighted by Gasteiger charge is 2.37. The summed E-state index contributed by atoms with van der Waals surface area (Å²) in [4.78, 5) is 27.5. The van der Waals surface area contributed by atoms with Crippen LogP contribution in [0.4, 0.5) is 5.69 Å². The quantitative estimate of drug-likeness (QED) is 0.578. The summed E-state index contributed by atoms with van der Waals surface area (Å²) in [5, 5.41) is 4.86. The second-order valence-corrected chi connectivity index (χ2v) is 9.38. The highest BCUT2D eigenvalue weighted by atomic mass is 16.5. The normalized spacial score (nSPS) is 14.7. The van der Waals surface area contributed by atoms with Crippen LogP contribution in [0.25, 0.3) is 16.9 Å². The molecule has 2 aromatic carbocycles. The number of likely N-dealkylation sites (N-methyl/N-ethyl adjacent to an activating group) is 1. The third kappa shape index (κ3) is 4.41. The monoisotopic (exact) mass is 446 g/mol. The van der Waals surface area contributed by atoms with E-state index in [0.29, 0.717) is 54.2 Å². The number of nitrogens with zero attached hydrogens (tertiary/aromatic N) is 3. The van der Waals surface area contributed by atoms with Crippen LogP contribution in [0, 0.1) is 5.41 Å². The van der Waals surface area contributed by atoms with Gasteiger partial charge < -0.3 is 15.4 Å². The molecule has 0 aliphatic heterocycles. The van der Waals surface area contributed by atoms with Gasteiger partial charge in [-0.1, -0.05) is 44.2 Å². The van der Waals surface area contributed by atoms with Crippen LogP contribution in [-0.4, -0.2) is 53.7 Å². The zero-order chi connectivity index (χ0) is 23.8. The maximum Gasteiger partial charge on any atom is 0.253 e. The maximum atomic E-state index is 13.2. The van der Waals surface area contributed by atoms with Crippen molar-refractivity contribution >= 4 is 17.4 Å². The summed E-state index contributed by atoms with van der Waals surface area (Å²) in [5.74, 6) is -0.0365. The predicted molar refractivity (Wildman–Crippen MR) is 129 cm³/mol. The smallest absolute Gasteiger partial charge is 0.253 e. The van der Waals surface area contributed by atoms with E-state index < -0.39 is 0 Å². The van der Waals surface area contributed by atoms with Gasteiger partial charge in [-0.05, 0) is 30.0 Å². The van der Waals surface area contributed by atoms with E-state index in [0.717, 1.165) is 11.3 Å². The molecule has 1 heterocycles. The number of nitrogen functional groups attached to an aromatic ring is 1. The minimum absolute atomic E-state index is 0.0940. The Morgan fingerprint density at radius 1 is 1.18 bits per heavy atom. The van der Waals surface area contributed by atoms with Gasteiger partial charge in [0.05, 0.1) is 29.2 Å². The van der Waals surface area contributed by atoms with E-state index in [1.54, 1.807) is 41.9 Å². The van der Waals surface area contributed by atoms with E-state index in [-0.39, 0.29) is 17.1 Å². The van der Waals surface area contributed by atoms with Crippen molar-refractivity contribution < 1.29 is 14.3 Å². The Bertz CT molecular complexity index is 1200. The molecule has 1 aliphatic rings. The lowest BCUT2D eigenvalue weighted by molar-refractivity contribution is 0.0744. The third-order valence-corrected chi connectivity index (χ3v) is 6.07. The lowest BCUT2D eigenvalue weighted by Gasteiger charge is -2.29. The number of aromatic nitrogens is 2. The lowest BCUT2D eigenvalue weighted by atomic mass is 9.75. The molecule has 0 saturated heterocycles. The van der Waals surface area contributed by atoms with Gasteiger partial charge in [0.2, 0.25) is 0 Å². The van der Waals surface area contributed by atoms with Crippen molar-refractivity contribution in [2.75, 3.05) is 33.0 Å². The molecule has 0 unspecified atom stereocenters. The summed E-state index contributed by atoms with van der Waals surface area (Å²) in [6, 6.07) is 15.0. The van der Waals surface area contributed by atoms with Crippen molar-refractivity contribution in [3.05, 3.63) is 65.4 Å². The van der Waals surface area contributed by atoms with Gasteiger partial charge in [-0.3, -0.25) is 9.59 Å². The molecule has 1 aromatic heterocycles. The molecular weight excluding hydrogens is 416 g/mol. The highest BCUT2D eigenvalue weighted by molar-refractivity contribution is 6.04. The molecule has 3 aromatic rings. The van der Waals surface area contributed by atoms with Crippen LogP contribution < -0.4 is 5.73 Å². The number of carbonyl (C=O) groups is 2. The molecule has 2 N–H and O–H groups in total. The van der Waals surface area contributed by atoms with Gasteiger partial charge >= 0.3 is 0 Å². The first-order chi connectivity index (χ1) is 15.7. The minimum Gasteiger partial charge on any atom is -0.397 e. The summed E-state index contributed by atoms with van der Waals surface area (Å²) in [6.07, 6.45) is 1.18. The van der Waals surface area contributed by atoms with E-state index in [1.165, 1.54) is 0 Å². The Hall–Kier alpha value is -3.45. The topological polar surface area (TPSA) is 90.5 Å². The maximum absolute atomic E-state index is 13.2. The van der Waals surface area contributed by atoms with Gasteiger partial charge in [-0.2, -0.15) is 5.10 Å². The number of methoxy groups -OCH3 is 1. The Balaban J connectivity index is 1.80. The molecule has 0 saturated carbocycles. The summed E-state index contributed by atoms with van der Waals surface area (Å²) in [5.41, 5.74) is 10.9. The number of rotatable bonds is 6. The number of fused-ring (bicyclic) bond motifs is 1. The fourth-order valence-corrected chi connectivity index (χ4v) is 4.38. The first kappa shape index (κ1) is 22.7. The molecule has 7 nitrogen and oxygen atoms in total. The summed E-state index contributed by atoms with van der Waals surface area (Å²) < 4.78 is 6.84. The van der Waals surface area contributed by atoms with Gasteiger partial charge in [-0.25, -0.2) is 4.68 Å². The van der Waals surface area contributed by atoms with Crippen molar-refractivity contribution in [2.45, 2.75) is 26.7 Å². The van der Waals surface area contributed by atoms with Crippen molar-refractivity contribution in [3.63, 3.8) is 0 Å². The molecule has 1 aliphatic carbocycles. The van der Waals surface area contributed by atoms with Gasteiger partial charge in [0.15, 0.2) is 5.78 Å².